The highest BCUT2D eigenvalue weighted by atomic mass is 16.5. The molecule has 1 atom stereocenters. The third-order valence-electron chi connectivity index (χ3n) is 1.98. The minimum Gasteiger partial charge on any atom is -0.477 e. The molecule has 5 nitrogen and oxygen atoms in total. The van der Waals surface area contributed by atoms with E-state index < -0.39 is 12.0 Å². The fourth-order valence-electron chi connectivity index (χ4n) is 1.16. The van der Waals surface area contributed by atoms with Gasteiger partial charge in [-0.3, -0.25) is 4.79 Å². The van der Waals surface area contributed by atoms with Crippen LogP contribution < -0.4 is 16.2 Å². The van der Waals surface area contributed by atoms with E-state index in [4.69, 9.17) is 16.2 Å². The van der Waals surface area contributed by atoms with Crippen LogP contribution in [-0.2, 0) is 4.79 Å². The van der Waals surface area contributed by atoms with Gasteiger partial charge in [-0.1, -0.05) is 6.92 Å². The predicted octanol–water partition coefficient (Wildman–Crippen LogP) is 0.615. The number of nitrogen functional groups attached to an aromatic ring is 1. The van der Waals surface area contributed by atoms with Gasteiger partial charge in [0.15, 0.2) is 17.7 Å². The van der Waals surface area contributed by atoms with Crippen LogP contribution in [0.25, 0.3) is 0 Å². The van der Waals surface area contributed by atoms with Crippen molar-refractivity contribution in [3.05, 3.63) is 17.8 Å². The van der Waals surface area contributed by atoms with E-state index in [1.165, 1.54) is 0 Å². The number of anilines is 1. The first-order valence-electron chi connectivity index (χ1n) is 4.73. The zero-order chi connectivity index (χ0) is 11.4. The van der Waals surface area contributed by atoms with Crippen molar-refractivity contribution in [1.29, 1.82) is 0 Å². The number of aromatic nitrogens is 1. The van der Waals surface area contributed by atoms with E-state index >= 15 is 0 Å². The summed E-state index contributed by atoms with van der Waals surface area (Å²) in [6.45, 7) is 3.64. The van der Waals surface area contributed by atoms with Gasteiger partial charge in [-0.2, -0.15) is 0 Å². The van der Waals surface area contributed by atoms with Crippen molar-refractivity contribution in [2.24, 2.45) is 5.73 Å². The average Bonchev–Trinajstić information content (AvgIpc) is 2.16. The van der Waals surface area contributed by atoms with Crippen LogP contribution >= 0.6 is 0 Å². The van der Waals surface area contributed by atoms with E-state index in [1.54, 1.807) is 12.1 Å². The van der Waals surface area contributed by atoms with Crippen molar-refractivity contribution in [2.75, 3.05) is 5.73 Å². The summed E-state index contributed by atoms with van der Waals surface area (Å²) in [5, 5.41) is 0. The van der Waals surface area contributed by atoms with Crippen molar-refractivity contribution in [2.45, 2.75) is 26.4 Å². The summed E-state index contributed by atoms with van der Waals surface area (Å²) in [4.78, 5) is 15.0. The van der Waals surface area contributed by atoms with Gasteiger partial charge in [-0.05, 0) is 25.5 Å². The topological polar surface area (TPSA) is 91.2 Å². The summed E-state index contributed by atoms with van der Waals surface area (Å²) in [6, 6.07) is 3.45. The summed E-state index contributed by atoms with van der Waals surface area (Å²) >= 11 is 0. The third-order valence-corrected chi connectivity index (χ3v) is 1.98. The summed E-state index contributed by atoms with van der Waals surface area (Å²) in [7, 11) is 0. The van der Waals surface area contributed by atoms with Gasteiger partial charge in [-0.15, -0.1) is 0 Å². The minimum absolute atomic E-state index is 0.273. The molecule has 15 heavy (non-hydrogen) atoms. The van der Waals surface area contributed by atoms with Crippen molar-refractivity contribution in [3.63, 3.8) is 0 Å². The van der Waals surface area contributed by atoms with E-state index in [0.29, 0.717) is 12.2 Å². The van der Waals surface area contributed by atoms with Gasteiger partial charge in [0.25, 0.3) is 5.91 Å². The largest absolute Gasteiger partial charge is 0.477 e. The Morgan fingerprint density at radius 2 is 2.27 bits per heavy atom. The van der Waals surface area contributed by atoms with E-state index in [9.17, 15) is 4.79 Å². The van der Waals surface area contributed by atoms with Gasteiger partial charge >= 0.3 is 0 Å². The summed E-state index contributed by atoms with van der Waals surface area (Å²) in [5.74, 6) is 0.165. The van der Waals surface area contributed by atoms with E-state index in [1.807, 2.05) is 13.8 Å². The number of carbonyl (C=O) groups excluding carboxylic acids is 1. The molecule has 5 heteroatoms. The van der Waals surface area contributed by atoms with Crippen LogP contribution in [0.15, 0.2) is 12.1 Å². The van der Waals surface area contributed by atoms with Crippen LogP contribution in [-0.4, -0.2) is 17.0 Å². The van der Waals surface area contributed by atoms with Gasteiger partial charge in [0.1, 0.15) is 0 Å². The summed E-state index contributed by atoms with van der Waals surface area (Å²) in [6.07, 6.45) is -0.153. The van der Waals surface area contributed by atoms with E-state index in [0.717, 1.165) is 5.69 Å². The summed E-state index contributed by atoms with van der Waals surface area (Å²) < 4.78 is 5.35. The maximum absolute atomic E-state index is 10.9. The van der Waals surface area contributed by atoms with E-state index in [2.05, 4.69) is 4.98 Å². The fourth-order valence-corrected chi connectivity index (χ4v) is 1.16. The molecule has 0 aliphatic carbocycles. The van der Waals surface area contributed by atoms with Gasteiger partial charge in [-0.25, -0.2) is 4.98 Å². The normalized spacial score (nSPS) is 12.1. The van der Waals surface area contributed by atoms with Crippen LogP contribution in [0.3, 0.4) is 0 Å². The standard InChI is InChI=1S/C10H15N3O2/c1-3-7(10(12)14)15-8-5-4-6(2)13-9(8)11/h4-5,7H,3H2,1-2H3,(H2,11,13)(H2,12,14). The molecule has 1 rings (SSSR count). The number of nitrogens with two attached hydrogens (primary N) is 2. The average molecular weight is 209 g/mol. The Morgan fingerprint density at radius 1 is 1.60 bits per heavy atom. The van der Waals surface area contributed by atoms with E-state index in [-0.39, 0.29) is 5.82 Å². The van der Waals surface area contributed by atoms with Crippen molar-refractivity contribution in [3.8, 4) is 5.75 Å². The second-order valence-corrected chi connectivity index (χ2v) is 3.25. The molecule has 0 saturated carbocycles. The minimum atomic E-state index is -0.656. The number of aryl methyl sites for hydroxylation is 1. The molecule has 0 spiro atoms. The Bertz CT molecular complexity index is 366. The monoisotopic (exact) mass is 209 g/mol. The number of ether oxygens (including phenoxy) is 1. The number of pyridine rings is 1. The van der Waals surface area contributed by atoms with Crippen molar-refractivity contribution in [1.82, 2.24) is 4.98 Å². The Morgan fingerprint density at radius 3 is 2.73 bits per heavy atom. The third kappa shape index (κ3) is 2.83. The maximum Gasteiger partial charge on any atom is 0.258 e. The molecule has 0 fully saturated rings. The van der Waals surface area contributed by atoms with Gasteiger partial charge in [0.2, 0.25) is 0 Å². The SMILES string of the molecule is CCC(Oc1ccc(C)nc1N)C(N)=O. The van der Waals surface area contributed by atoms with Crippen molar-refractivity contribution < 1.29 is 9.53 Å². The van der Waals surface area contributed by atoms with Crippen LogP contribution in [0.2, 0.25) is 0 Å². The number of rotatable bonds is 4. The second kappa shape index (κ2) is 4.63. The number of hydrogen-bond donors (Lipinski definition) is 2. The number of hydrogen-bond acceptors (Lipinski definition) is 4. The number of nitrogens with zero attached hydrogens (tertiary/aromatic N) is 1. The number of primary amides is 1. The Balaban J connectivity index is 2.84. The highest BCUT2D eigenvalue weighted by Crippen LogP contribution is 2.20. The molecule has 0 saturated heterocycles. The number of amides is 1. The molecule has 1 heterocycles. The highest BCUT2D eigenvalue weighted by molar-refractivity contribution is 5.79. The molecule has 0 bridgehead atoms. The first-order valence-corrected chi connectivity index (χ1v) is 4.73. The fraction of sp³-hybridized carbons (Fsp3) is 0.400. The number of carbonyl (C=O) groups is 1. The molecule has 1 aromatic heterocycles. The zero-order valence-corrected chi connectivity index (χ0v) is 8.86. The lowest BCUT2D eigenvalue weighted by molar-refractivity contribution is -0.124. The molecule has 1 amide bonds. The molecular weight excluding hydrogens is 194 g/mol. The molecule has 0 aliphatic heterocycles. The zero-order valence-electron chi connectivity index (χ0n) is 8.86. The van der Waals surface area contributed by atoms with Crippen LogP contribution in [0, 0.1) is 6.92 Å². The highest BCUT2D eigenvalue weighted by Gasteiger charge is 2.16. The summed E-state index contributed by atoms with van der Waals surface area (Å²) in [5.41, 5.74) is 11.6. The smallest absolute Gasteiger partial charge is 0.258 e. The van der Waals surface area contributed by atoms with Crippen LogP contribution in [0.4, 0.5) is 5.82 Å². The molecule has 1 unspecified atom stereocenters. The lowest BCUT2D eigenvalue weighted by atomic mass is 10.2. The van der Waals surface area contributed by atoms with Crippen molar-refractivity contribution >= 4 is 11.7 Å². The first-order chi connectivity index (χ1) is 7.04. The van der Waals surface area contributed by atoms with Gasteiger partial charge in [0, 0.05) is 5.69 Å². The van der Waals surface area contributed by atoms with Gasteiger partial charge < -0.3 is 16.2 Å². The van der Waals surface area contributed by atoms with Gasteiger partial charge in [0.05, 0.1) is 0 Å². The molecule has 4 N–H and O–H groups in total. The lowest BCUT2D eigenvalue weighted by Crippen LogP contribution is -2.33. The maximum atomic E-state index is 10.9. The molecule has 0 radical (unpaired) electrons. The van der Waals surface area contributed by atoms with Crippen LogP contribution in [0.1, 0.15) is 19.0 Å². The second-order valence-electron chi connectivity index (χ2n) is 3.25. The quantitative estimate of drug-likeness (QED) is 0.760. The Hall–Kier alpha value is -1.78. The predicted molar refractivity (Wildman–Crippen MR) is 57.3 cm³/mol. The molecule has 82 valence electrons. The van der Waals surface area contributed by atoms with Crippen LogP contribution in [0.5, 0.6) is 5.75 Å². The molecule has 0 aromatic carbocycles. The first kappa shape index (κ1) is 11.3. The molecular formula is C10H15N3O2. The Labute approximate surface area is 88.4 Å². The Kier molecular flexibility index (Phi) is 3.49. The lowest BCUT2D eigenvalue weighted by Gasteiger charge is -2.15. The molecule has 1 aromatic rings. The molecule has 0 aliphatic rings.